The van der Waals surface area contributed by atoms with Crippen LogP contribution in [0, 0.1) is 0 Å². The summed E-state index contributed by atoms with van der Waals surface area (Å²) >= 11 is 5.82. The van der Waals surface area contributed by atoms with E-state index < -0.39 is 38.2 Å². The number of sulfone groups is 1. The van der Waals surface area contributed by atoms with Crippen molar-refractivity contribution in [3.8, 4) is 0 Å². The van der Waals surface area contributed by atoms with Crippen LogP contribution in [0.25, 0.3) is 0 Å². The minimum atomic E-state index is -5.57. The number of pyridine rings is 1. The Hall–Kier alpha value is -4.17. The van der Waals surface area contributed by atoms with E-state index in [-0.39, 0.29) is 24.6 Å². The minimum Gasteiger partial charge on any atom is -0.310 e. The lowest BCUT2D eigenvalue weighted by Crippen LogP contribution is -2.33. The van der Waals surface area contributed by atoms with Crippen molar-refractivity contribution in [3.63, 3.8) is 0 Å². The van der Waals surface area contributed by atoms with Crippen LogP contribution in [0.4, 0.5) is 40.0 Å². The Labute approximate surface area is 218 Å². The van der Waals surface area contributed by atoms with Crippen LogP contribution in [0.1, 0.15) is 5.56 Å². The van der Waals surface area contributed by atoms with Crippen molar-refractivity contribution in [1.82, 2.24) is 9.88 Å². The first-order valence-corrected chi connectivity index (χ1v) is 12.5. The molecule has 15 heteroatoms. The van der Waals surface area contributed by atoms with Gasteiger partial charge in [-0.1, -0.05) is 11.6 Å². The number of imide groups is 1. The molecule has 1 aliphatic heterocycles. The standard InChI is InChI=1S/C23H17ClF3N5O5S/c24-15-1-3-16(4-2-15)29-21(34)30-19-11-14(9-10-28-19)12-31-13-20(33)32(22(31)35)17-5-7-18(8-6-17)38(36,37)23(25,26)27/h1-11H,12-13H2,(H2,28,29,30,34). The van der Waals surface area contributed by atoms with Crippen LogP contribution in [0.15, 0.2) is 71.8 Å². The Bertz CT molecular complexity index is 1500. The lowest BCUT2D eigenvalue weighted by Gasteiger charge is -2.18. The molecule has 0 saturated carbocycles. The number of hydrogen-bond acceptors (Lipinski definition) is 6. The summed E-state index contributed by atoms with van der Waals surface area (Å²) in [5, 5.41) is 5.66. The Balaban J connectivity index is 1.42. The van der Waals surface area contributed by atoms with Gasteiger partial charge in [-0.05, 0) is 66.2 Å². The molecule has 2 heterocycles. The largest absolute Gasteiger partial charge is 0.501 e. The van der Waals surface area contributed by atoms with Crippen LogP contribution >= 0.6 is 11.6 Å². The number of aromatic nitrogens is 1. The number of urea groups is 2. The Morgan fingerprint density at radius 3 is 2.29 bits per heavy atom. The molecular weight excluding hydrogens is 551 g/mol. The predicted molar refractivity (Wildman–Crippen MR) is 131 cm³/mol. The van der Waals surface area contributed by atoms with E-state index in [1.165, 1.54) is 17.2 Å². The number of alkyl halides is 3. The van der Waals surface area contributed by atoms with Crippen molar-refractivity contribution in [2.45, 2.75) is 16.9 Å². The molecule has 10 nitrogen and oxygen atoms in total. The second-order valence-electron chi connectivity index (χ2n) is 7.95. The maximum Gasteiger partial charge on any atom is 0.501 e. The summed E-state index contributed by atoms with van der Waals surface area (Å²) in [5.74, 6) is -0.485. The lowest BCUT2D eigenvalue weighted by atomic mass is 10.2. The number of amides is 5. The molecule has 0 unspecified atom stereocenters. The Morgan fingerprint density at radius 1 is 1.00 bits per heavy atom. The molecule has 1 aromatic heterocycles. The van der Waals surface area contributed by atoms with Crippen molar-refractivity contribution in [2.24, 2.45) is 0 Å². The molecule has 2 aromatic carbocycles. The molecule has 198 valence electrons. The van der Waals surface area contributed by atoms with Gasteiger partial charge in [0.05, 0.1) is 10.6 Å². The predicted octanol–water partition coefficient (Wildman–Crippen LogP) is 4.64. The van der Waals surface area contributed by atoms with E-state index in [0.717, 1.165) is 17.0 Å². The highest BCUT2D eigenvalue weighted by Gasteiger charge is 2.47. The van der Waals surface area contributed by atoms with Gasteiger partial charge in [0.2, 0.25) is 0 Å². The number of halogens is 4. The molecule has 1 aliphatic rings. The molecule has 0 spiro atoms. The first-order valence-electron chi connectivity index (χ1n) is 10.7. The normalized spacial score (nSPS) is 14.1. The molecular formula is C23H17ClF3N5O5S. The first kappa shape index (κ1) is 26.9. The molecule has 5 amide bonds. The van der Waals surface area contributed by atoms with E-state index in [9.17, 15) is 36.0 Å². The fourth-order valence-electron chi connectivity index (χ4n) is 3.51. The Morgan fingerprint density at radius 2 is 1.66 bits per heavy atom. The SMILES string of the molecule is O=C(Nc1ccc(Cl)cc1)Nc1cc(CN2CC(=O)N(c3ccc(S(=O)(=O)C(F)(F)F)cc3)C2=O)ccn1. The molecule has 1 saturated heterocycles. The maximum absolute atomic E-state index is 12.9. The lowest BCUT2D eigenvalue weighted by molar-refractivity contribution is -0.116. The van der Waals surface area contributed by atoms with E-state index in [2.05, 4.69) is 15.6 Å². The second-order valence-corrected chi connectivity index (χ2v) is 10.3. The van der Waals surface area contributed by atoms with Gasteiger partial charge >= 0.3 is 17.6 Å². The molecule has 0 radical (unpaired) electrons. The zero-order valence-corrected chi connectivity index (χ0v) is 20.6. The topological polar surface area (TPSA) is 129 Å². The van der Waals surface area contributed by atoms with E-state index in [1.54, 1.807) is 30.3 Å². The highest BCUT2D eigenvalue weighted by molar-refractivity contribution is 7.92. The molecule has 4 rings (SSSR count). The minimum absolute atomic E-state index is 0.0440. The molecule has 0 bridgehead atoms. The molecule has 38 heavy (non-hydrogen) atoms. The smallest absolute Gasteiger partial charge is 0.310 e. The van der Waals surface area contributed by atoms with Gasteiger partial charge in [0.25, 0.3) is 15.7 Å². The number of anilines is 3. The number of benzene rings is 2. The average Bonchev–Trinajstić information content (AvgIpc) is 3.12. The molecule has 2 N–H and O–H groups in total. The van der Waals surface area contributed by atoms with Gasteiger partial charge in [-0.2, -0.15) is 13.2 Å². The fourth-order valence-corrected chi connectivity index (χ4v) is 4.40. The summed E-state index contributed by atoms with van der Waals surface area (Å²) in [6, 6.07) is 11.4. The van der Waals surface area contributed by atoms with Gasteiger partial charge in [-0.25, -0.2) is 27.9 Å². The highest BCUT2D eigenvalue weighted by Crippen LogP contribution is 2.32. The zero-order chi connectivity index (χ0) is 27.7. The highest BCUT2D eigenvalue weighted by atomic mass is 35.5. The summed E-state index contributed by atoms with van der Waals surface area (Å²) in [6.07, 6.45) is 1.40. The summed E-state index contributed by atoms with van der Waals surface area (Å²) in [5.41, 5.74) is -4.55. The van der Waals surface area contributed by atoms with Crippen molar-refractivity contribution < 1.29 is 36.0 Å². The van der Waals surface area contributed by atoms with E-state index in [0.29, 0.717) is 28.4 Å². The van der Waals surface area contributed by atoms with Gasteiger partial charge < -0.3 is 10.2 Å². The van der Waals surface area contributed by atoms with Crippen molar-refractivity contribution in [3.05, 3.63) is 77.4 Å². The van der Waals surface area contributed by atoms with E-state index >= 15 is 0 Å². The number of nitrogens with one attached hydrogen (secondary N) is 2. The number of carbonyl (C=O) groups is 3. The third kappa shape index (κ3) is 5.70. The number of hydrogen-bond donors (Lipinski definition) is 2. The van der Waals surface area contributed by atoms with Gasteiger partial charge in [0, 0.05) is 23.5 Å². The number of nitrogens with zero attached hydrogens (tertiary/aromatic N) is 3. The second kappa shape index (κ2) is 10.3. The zero-order valence-electron chi connectivity index (χ0n) is 19.1. The van der Waals surface area contributed by atoms with Crippen molar-refractivity contribution in [2.75, 3.05) is 22.1 Å². The summed E-state index contributed by atoms with van der Waals surface area (Å²) in [4.78, 5) is 42.6. The first-order chi connectivity index (χ1) is 17.8. The van der Waals surface area contributed by atoms with E-state index in [4.69, 9.17) is 11.6 Å². The van der Waals surface area contributed by atoms with Gasteiger partial charge in [-0.3, -0.25) is 10.1 Å². The average molecular weight is 568 g/mol. The van der Waals surface area contributed by atoms with Gasteiger partial charge in [0.1, 0.15) is 12.4 Å². The molecule has 0 aliphatic carbocycles. The van der Waals surface area contributed by atoms with Crippen LogP contribution in [-0.4, -0.2) is 48.3 Å². The van der Waals surface area contributed by atoms with Crippen molar-refractivity contribution >= 4 is 56.6 Å². The van der Waals surface area contributed by atoms with Gasteiger partial charge in [-0.15, -0.1) is 0 Å². The maximum atomic E-state index is 12.9. The van der Waals surface area contributed by atoms with Crippen LogP contribution in [0.2, 0.25) is 5.02 Å². The third-order valence-electron chi connectivity index (χ3n) is 5.29. The quantitative estimate of drug-likeness (QED) is 0.418. The fraction of sp³-hybridized carbons (Fsp3) is 0.130. The third-order valence-corrected chi connectivity index (χ3v) is 7.04. The monoisotopic (exact) mass is 567 g/mol. The summed E-state index contributed by atoms with van der Waals surface area (Å²) in [7, 11) is -5.57. The van der Waals surface area contributed by atoms with Crippen LogP contribution in [-0.2, 0) is 21.2 Å². The van der Waals surface area contributed by atoms with Crippen LogP contribution in [0.5, 0.6) is 0 Å². The van der Waals surface area contributed by atoms with Crippen LogP contribution in [0.3, 0.4) is 0 Å². The van der Waals surface area contributed by atoms with Crippen molar-refractivity contribution in [1.29, 1.82) is 0 Å². The molecule has 3 aromatic rings. The van der Waals surface area contributed by atoms with Crippen LogP contribution < -0.4 is 15.5 Å². The van der Waals surface area contributed by atoms with Gasteiger partial charge in [0.15, 0.2) is 0 Å². The summed E-state index contributed by atoms with van der Waals surface area (Å²) in [6.45, 7) is -0.374. The number of rotatable bonds is 6. The molecule has 0 atom stereocenters. The molecule has 1 fully saturated rings. The Kier molecular flexibility index (Phi) is 7.29. The number of carbonyl (C=O) groups excluding carboxylic acids is 3. The van der Waals surface area contributed by atoms with E-state index in [1.807, 2.05) is 0 Å². The summed E-state index contributed by atoms with van der Waals surface area (Å²) < 4.78 is 61.4.